The Bertz CT molecular complexity index is 906. The smallest absolute Gasteiger partial charge is 0.251 e. The van der Waals surface area contributed by atoms with Gasteiger partial charge in [0, 0.05) is 12.1 Å². The van der Waals surface area contributed by atoms with Gasteiger partial charge in [-0.05, 0) is 72.7 Å². The maximum atomic E-state index is 12.4. The molecule has 0 unspecified atom stereocenters. The Labute approximate surface area is 149 Å². The Balaban J connectivity index is 1.60. The summed E-state index contributed by atoms with van der Waals surface area (Å²) in [5, 5.41) is 5.65. The maximum Gasteiger partial charge on any atom is 0.251 e. The van der Waals surface area contributed by atoms with E-state index < -0.39 is 0 Å². The number of carbonyl (C=O) groups is 1. The van der Waals surface area contributed by atoms with E-state index in [0.29, 0.717) is 6.54 Å². The highest BCUT2D eigenvalue weighted by Crippen LogP contribution is 2.19. The first-order valence-corrected chi connectivity index (χ1v) is 8.89. The summed E-state index contributed by atoms with van der Waals surface area (Å²) < 4.78 is 0. The normalized spacial score (nSPS) is 10.8. The lowest BCUT2D eigenvalue weighted by Crippen LogP contribution is -2.25. The molecule has 2 nitrogen and oxygen atoms in total. The SMILES string of the molecule is Cc1cc(C)c(C(=O)NCCCc2cccc3ccccc23)cc1C. The molecule has 0 spiro atoms. The standard InChI is InChI=1S/C23H25NO/c1-16-14-18(3)22(15-17(16)2)23(25)24-13-7-11-20-10-6-9-19-8-4-5-12-21(19)20/h4-6,8-10,12,14-15H,7,11,13H2,1-3H3,(H,24,25). The molecule has 128 valence electrons. The van der Waals surface area contributed by atoms with Crippen molar-refractivity contribution in [3.05, 3.63) is 82.4 Å². The highest BCUT2D eigenvalue weighted by molar-refractivity contribution is 5.96. The van der Waals surface area contributed by atoms with Gasteiger partial charge < -0.3 is 5.32 Å². The molecule has 1 amide bonds. The topological polar surface area (TPSA) is 29.1 Å². The number of benzene rings is 3. The summed E-state index contributed by atoms with van der Waals surface area (Å²) in [5.74, 6) is 0.0264. The second kappa shape index (κ2) is 7.52. The lowest BCUT2D eigenvalue weighted by atomic mass is 10.00. The van der Waals surface area contributed by atoms with Gasteiger partial charge in [-0.2, -0.15) is 0 Å². The summed E-state index contributed by atoms with van der Waals surface area (Å²) in [6.45, 7) is 6.81. The van der Waals surface area contributed by atoms with E-state index in [0.717, 1.165) is 29.5 Å². The number of hydrogen-bond acceptors (Lipinski definition) is 1. The molecular weight excluding hydrogens is 306 g/mol. The van der Waals surface area contributed by atoms with Crippen molar-refractivity contribution in [1.82, 2.24) is 5.32 Å². The van der Waals surface area contributed by atoms with Gasteiger partial charge in [-0.1, -0.05) is 48.5 Å². The largest absolute Gasteiger partial charge is 0.352 e. The van der Waals surface area contributed by atoms with E-state index in [1.807, 2.05) is 19.9 Å². The number of amides is 1. The summed E-state index contributed by atoms with van der Waals surface area (Å²) >= 11 is 0. The lowest BCUT2D eigenvalue weighted by Gasteiger charge is -2.11. The van der Waals surface area contributed by atoms with E-state index in [4.69, 9.17) is 0 Å². The van der Waals surface area contributed by atoms with Crippen LogP contribution < -0.4 is 5.32 Å². The summed E-state index contributed by atoms with van der Waals surface area (Å²) in [6, 6.07) is 19.0. The molecule has 0 heterocycles. The van der Waals surface area contributed by atoms with Crippen molar-refractivity contribution in [3.63, 3.8) is 0 Å². The van der Waals surface area contributed by atoms with Crippen LogP contribution in [-0.2, 0) is 6.42 Å². The fourth-order valence-corrected chi connectivity index (χ4v) is 3.29. The van der Waals surface area contributed by atoms with Gasteiger partial charge in [0.05, 0.1) is 0 Å². The van der Waals surface area contributed by atoms with E-state index in [1.54, 1.807) is 0 Å². The Kier molecular flexibility index (Phi) is 5.18. The predicted octanol–water partition coefficient (Wildman–Crippen LogP) is 5.13. The number of hydrogen-bond donors (Lipinski definition) is 1. The number of fused-ring (bicyclic) bond motifs is 1. The van der Waals surface area contributed by atoms with Gasteiger partial charge in [-0.15, -0.1) is 0 Å². The second-order valence-electron chi connectivity index (χ2n) is 6.75. The molecule has 3 aromatic carbocycles. The van der Waals surface area contributed by atoms with Gasteiger partial charge in [0.2, 0.25) is 0 Å². The maximum absolute atomic E-state index is 12.4. The molecule has 1 N–H and O–H groups in total. The summed E-state index contributed by atoms with van der Waals surface area (Å²) in [6.07, 6.45) is 1.90. The second-order valence-corrected chi connectivity index (χ2v) is 6.75. The zero-order valence-electron chi connectivity index (χ0n) is 15.2. The van der Waals surface area contributed by atoms with E-state index in [2.05, 4.69) is 60.8 Å². The van der Waals surface area contributed by atoms with E-state index in [9.17, 15) is 4.79 Å². The molecular formula is C23H25NO. The fourth-order valence-electron chi connectivity index (χ4n) is 3.29. The van der Waals surface area contributed by atoms with Crippen molar-refractivity contribution in [2.24, 2.45) is 0 Å². The molecule has 3 aromatic rings. The third-order valence-electron chi connectivity index (χ3n) is 4.87. The zero-order valence-corrected chi connectivity index (χ0v) is 15.2. The number of nitrogens with one attached hydrogen (secondary N) is 1. The van der Waals surface area contributed by atoms with Gasteiger partial charge in [0.15, 0.2) is 0 Å². The first kappa shape index (κ1) is 17.2. The quantitative estimate of drug-likeness (QED) is 0.645. The molecule has 0 atom stereocenters. The minimum Gasteiger partial charge on any atom is -0.352 e. The van der Waals surface area contributed by atoms with Crippen LogP contribution in [0.4, 0.5) is 0 Å². The van der Waals surface area contributed by atoms with Gasteiger partial charge in [-0.3, -0.25) is 4.79 Å². The minimum absolute atomic E-state index is 0.0264. The molecule has 0 aliphatic heterocycles. The first-order chi connectivity index (χ1) is 12.1. The highest BCUT2D eigenvalue weighted by atomic mass is 16.1. The van der Waals surface area contributed by atoms with E-state index in [-0.39, 0.29) is 5.91 Å². The van der Waals surface area contributed by atoms with Gasteiger partial charge in [0.25, 0.3) is 5.91 Å². The van der Waals surface area contributed by atoms with Gasteiger partial charge in [0.1, 0.15) is 0 Å². The van der Waals surface area contributed by atoms with Crippen molar-refractivity contribution < 1.29 is 4.79 Å². The van der Waals surface area contributed by atoms with Crippen LogP contribution in [0.3, 0.4) is 0 Å². The van der Waals surface area contributed by atoms with E-state index >= 15 is 0 Å². The van der Waals surface area contributed by atoms with Crippen LogP contribution in [0.25, 0.3) is 10.8 Å². The molecule has 0 fully saturated rings. The fraction of sp³-hybridized carbons (Fsp3) is 0.261. The molecule has 0 aliphatic rings. The Hall–Kier alpha value is -2.61. The first-order valence-electron chi connectivity index (χ1n) is 8.89. The minimum atomic E-state index is 0.0264. The zero-order chi connectivity index (χ0) is 17.8. The molecule has 0 aliphatic carbocycles. The summed E-state index contributed by atoms with van der Waals surface area (Å²) in [7, 11) is 0. The van der Waals surface area contributed by atoms with Crippen molar-refractivity contribution in [1.29, 1.82) is 0 Å². The van der Waals surface area contributed by atoms with Crippen LogP contribution in [0.2, 0.25) is 0 Å². The third kappa shape index (κ3) is 3.90. The Morgan fingerprint density at radius 2 is 1.60 bits per heavy atom. The third-order valence-corrected chi connectivity index (χ3v) is 4.87. The Morgan fingerprint density at radius 3 is 2.44 bits per heavy atom. The van der Waals surface area contributed by atoms with Crippen molar-refractivity contribution >= 4 is 16.7 Å². The molecule has 0 saturated heterocycles. The predicted molar refractivity (Wildman–Crippen MR) is 105 cm³/mol. The summed E-state index contributed by atoms with van der Waals surface area (Å²) in [5.41, 5.74) is 5.55. The molecule has 0 aromatic heterocycles. The molecule has 2 heteroatoms. The molecule has 0 saturated carbocycles. The van der Waals surface area contributed by atoms with Crippen molar-refractivity contribution in [2.75, 3.05) is 6.54 Å². The van der Waals surface area contributed by atoms with Crippen LogP contribution >= 0.6 is 0 Å². The average molecular weight is 331 g/mol. The number of carbonyl (C=O) groups excluding carboxylic acids is 1. The van der Waals surface area contributed by atoms with Crippen molar-refractivity contribution in [2.45, 2.75) is 33.6 Å². The number of rotatable bonds is 5. The van der Waals surface area contributed by atoms with Crippen LogP contribution in [0, 0.1) is 20.8 Å². The van der Waals surface area contributed by atoms with Crippen LogP contribution in [0.5, 0.6) is 0 Å². The average Bonchev–Trinajstić information content (AvgIpc) is 2.61. The highest BCUT2D eigenvalue weighted by Gasteiger charge is 2.10. The summed E-state index contributed by atoms with van der Waals surface area (Å²) in [4.78, 5) is 12.4. The van der Waals surface area contributed by atoms with Crippen LogP contribution in [0.15, 0.2) is 54.6 Å². The lowest BCUT2D eigenvalue weighted by molar-refractivity contribution is 0.0952. The molecule has 25 heavy (non-hydrogen) atoms. The van der Waals surface area contributed by atoms with Crippen LogP contribution in [-0.4, -0.2) is 12.5 Å². The van der Waals surface area contributed by atoms with Crippen LogP contribution in [0.1, 0.15) is 39.0 Å². The van der Waals surface area contributed by atoms with Gasteiger partial charge in [-0.25, -0.2) is 0 Å². The molecule has 0 radical (unpaired) electrons. The Morgan fingerprint density at radius 1 is 0.880 bits per heavy atom. The monoisotopic (exact) mass is 331 g/mol. The molecule has 3 rings (SSSR count). The number of aryl methyl sites for hydroxylation is 4. The molecule has 0 bridgehead atoms. The van der Waals surface area contributed by atoms with Gasteiger partial charge >= 0.3 is 0 Å². The van der Waals surface area contributed by atoms with E-state index in [1.165, 1.54) is 21.9 Å². The van der Waals surface area contributed by atoms with Crippen molar-refractivity contribution in [3.8, 4) is 0 Å².